The fourth-order valence-corrected chi connectivity index (χ4v) is 4.10. The molecule has 0 saturated heterocycles. The minimum Gasteiger partial charge on any atom is -0.496 e. The fourth-order valence-electron chi connectivity index (χ4n) is 3.57. The summed E-state index contributed by atoms with van der Waals surface area (Å²) in [5.41, 5.74) is 1.15. The highest BCUT2D eigenvalue weighted by atomic mass is 79.9. The lowest BCUT2D eigenvalue weighted by Gasteiger charge is -2.12. The van der Waals surface area contributed by atoms with Crippen LogP contribution in [0.25, 0.3) is 0 Å². The van der Waals surface area contributed by atoms with Gasteiger partial charge in [0.05, 0.1) is 7.11 Å². The summed E-state index contributed by atoms with van der Waals surface area (Å²) in [6, 6.07) is 3.59. The Morgan fingerprint density at radius 2 is 1.37 bits per heavy atom. The van der Waals surface area contributed by atoms with Crippen LogP contribution >= 0.6 is 15.9 Å². The van der Waals surface area contributed by atoms with Gasteiger partial charge >= 0.3 is 5.97 Å². The van der Waals surface area contributed by atoms with Gasteiger partial charge < -0.3 is 9.84 Å². The summed E-state index contributed by atoms with van der Waals surface area (Å²) in [6.07, 6.45) is 17.9. The Hall–Kier alpha value is -1.03. The number of methoxy groups -OCH3 is 1. The first kappa shape index (κ1) is 24.0. The van der Waals surface area contributed by atoms with Gasteiger partial charge in [0, 0.05) is 4.47 Å². The number of hydrogen-bond donors (Lipinski definition) is 1. The van der Waals surface area contributed by atoms with Crippen molar-refractivity contribution in [3.05, 3.63) is 27.7 Å². The van der Waals surface area contributed by atoms with Gasteiger partial charge in [-0.3, -0.25) is 0 Å². The van der Waals surface area contributed by atoms with E-state index in [1.54, 1.807) is 6.07 Å². The van der Waals surface area contributed by atoms with E-state index in [4.69, 9.17) is 4.74 Å². The lowest BCUT2D eigenvalue weighted by molar-refractivity contribution is 0.0692. The molecule has 0 bridgehead atoms. The summed E-state index contributed by atoms with van der Waals surface area (Å²) in [4.78, 5) is 11.6. The third-order valence-electron chi connectivity index (χ3n) is 5.18. The quantitative estimate of drug-likeness (QED) is 0.266. The Bertz CT molecular complexity index is 543. The van der Waals surface area contributed by atoms with Gasteiger partial charge in [0.2, 0.25) is 0 Å². The van der Waals surface area contributed by atoms with E-state index in [0.717, 1.165) is 29.3 Å². The van der Waals surface area contributed by atoms with Crippen LogP contribution in [0.15, 0.2) is 16.6 Å². The zero-order valence-electron chi connectivity index (χ0n) is 17.2. The summed E-state index contributed by atoms with van der Waals surface area (Å²) in [7, 11) is 1.52. The topological polar surface area (TPSA) is 46.5 Å². The molecule has 0 saturated carbocycles. The van der Waals surface area contributed by atoms with Crippen LogP contribution in [0.3, 0.4) is 0 Å². The van der Waals surface area contributed by atoms with Gasteiger partial charge in [-0.2, -0.15) is 0 Å². The first-order valence-electron chi connectivity index (χ1n) is 10.7. The first-order chi connectivity index (χ1) is 13.1. The zero-order valence-corrected chi connectivity index (χ0v) is 18.8. The zero-order chi connectivity index (χ0) is 19.9. The third kappa shape index (κ3) is 9.64. The molecule has 0 fully saturated rings. The van der Waals surface area contributed by atoms with Crippen LogP contribution in [-0.2, 0) is 6.42 Å². The molecule has 0 aliphatic carbocycles. The summed E-state index contributed by atoms with van der Waals surface area (Å²) < 4.78 is 6.08. The Balaban J connectivity index is 2.16. The van der Waals surface area contributed by atoms with E-state index in [0.29, 0.717) is 11.3 Å². The maximum absolute atomic E-state index is 11.6. The number of rotatable bonds is 16. The Labute approximate surface area is 174 Å². The maximum atomic E-state index is 11.6. The second-order valence-corrected chi connectivity index (χ2v) is 8.26. The standard InChI is InChI=1S/C23H37BrO3/c1-3-4-5-6-7-8-9-10-11-12-13-14-15-16-19-20(24)17-18-21(27-2)22(19)23(25)26/h17-18H,3-16H2,1-2H3,(H,25,26). The molecular formula is C23H37BrO3. The van der Waals surface area contributed by atoms with Crippen LogP contribution in [0.5, 0.6) is 5.75 Å². The number of carbonyl (C=O) groups is 1. The number of halogens is 1. The Morgan fingerprint density at radius 3 is 1.81 bits per heavy atom. The Morgan fingerprint density at radius 1 is 0.889 bits per heavy atom. The smallest absolute Gasteiger partial charge is 0.339 e. The van der Waals surface area contributed by atoms with Crippen LogP contribution in [0.2, 0.25) is 0 Å². The molecule has 27 heavy (non-hydrogen) atoms. The van der Waals surface area contributed by atoms with Gasteiger partial charge in [-0.15, -0.1) is 0 Å². The van der Waals surface area contributed by atoms with Crippen LogP contribution in [0.1, 0.15) is 106 Å². The van der Waals surface area contributed by atoms with E-state index < -0.39 is 5.97 Å². The molecule has 0 aliphatic heterocycles. The van der Waals surface area contributed by atoms with Gasteiger partial charge in [0.25, 0.3) is 0 Å². The summed E-state index contributed by atoms with van der Waals surface area (Å²) >= 11 is 3.50. The lowest BCUT2D eigenvalue weighted by Crippen LogP contribution is -2.06. The minimum absolute atomic E-state index is 0.297. The third-order valence-corrected chi connectivity index (χ3v) is 5.92. The number of ether oxygens (including phenoxy) is 1. The number of carboxylic acids is 1. The number of unbranched alkanes of at least 4 members (excludes halogenated alkanes) is 12. The van der Waals surface area contributed by atoms with Crippen molar-refractivity contribution in [2.24, 2.45) is 0 Å². The predicted octanol–water partition coefficient (Wildman–Crippen LogP) is 7.79. The highest BCUT2D eigenvalue weighted by molar-refractivity contribution is 9.10. The molecule has 1 rings (SSSR count). The molecule has 0 amide bonds. The SMILES string of the molecule is CCCCCCCCCCCCCCCc1c(Br)ccc(OC)c1C(=O)O. The average Bonchev–Trinajstić information content (AvgIpc) is 2.66. The molecule has 4 heteroatoms. The predicted molar refractivity (Wildman–Crippen MR) is 117 cm³/mol. The Kier molecular flexibility index (Phi) is 13.3. The van der Waals surface area contributed by atoms with Gasteiger partial charge in [-0.1, -0.05) is 99.9 Å². The monoisotopic (exact) mass is 440 g/mol. The van der Waals surface area contributed by atoms with E-state index >= 15 is 0 Å². The number of carboxylic acid groups (broad SMARTS) is 1. The molecule has 1 aromatic carbocycles. The number of hydrogen-bond acceptors (Lipinski definition) is 2. The molecule has 3 nitrogen and oxygen atoms in total. The normalized spacial score (nSPS) is 10.9. The van der Waals surface area contributed by atoms with Crippen molar-refractivity contribution in [1.82, 2.24) is 0 Å². The average molecular weight is 441 g/mol. The van der Waals surface area contributed by atoms with E-state index in [1.807, 2.05) is 6.07 Å². The van der Waals surface area contributed by atoms with Crippen molar-refractivity contribution in [3.63, 3.8) is 0 Å². The van der Waals surface area contributed by atoms with E-state index in [9.17, 15) is 9.90 Å². The lowest BCUT2D eigenvalue weighted by atomic mass is 9.99. The number of aromatic carboxylic acids is 1. The molecule has 0 unspecified atom stereocenters. The molecular weight excluding hydrogens is 404 g/mol. The van der Waals surface area contributed by atoms with Crippen molar-refractivity contribution < 1.29 is 14.6 Å². The van der Waals surface area contributed by atoms with Crippen LogP contribution in [-0.4, -0.2) is 18.2 Å². The van der Waals surface area contributed by atoms with Gasteiger partial charge in [0.1, 0.15) is 11.3 Å². The highest BCUT2D eigenvalue weighted by Gasteiger charge is 2.18. The molecule has 0 atom stereocenters. The largest absolute Gasteiger partial charge is 0.496 e. The summed E-state index contributed by atoms with van der Waals surface area (Å²) in [6.45, 7) is 2.26. The highest BCUT2D eigenvalue weighted by Crippen LogP contribution is 2.30. The van der Waals surface area contributed by atoms with Crippen molar-refractivity contribution in [1.29, 1.82) is 0 Å². The van der Waals surface area contributed by atoms with Crippen molar-refractivity contribution in [2.75, 3.05) is 7.11 Å². The van der Waals surface area contributed by atoms with Crippen molar-refractivity contribution >= 4 is 21.9 Å². The first-order valence-corrected chi connectivity index (χ1v) is 11.5. The summed E-state index contributed by atoms with van der Waals surface area (Å²) in [5, 5.41) is 9.51. The fraction of sp³-hybridized carbons (Fsp3) is 0.696. The van der Waals surface area contributed by atoms with E-state index in [2.05, 4.69) is 22.9 Å². The maximum Gasteiger partial charge on any atom is 0.339 e. The van der Waals surface area contributed by atoms with Crippen LogP contribution in [0, 0.1) is 0 Å². The van der Waals surface area contributed by atoms with Crippen molar-refractivity contribution in [2.45, 2.75) is 96.8 Å². The van der Waals surface area contributed by atoms with E-state index in [1.165, 1.54) is 77.7 Å². The molecule has 1 aromatic rings. The van der Waals surface area contributed by atoms with Crippen LogP contribution in [0.4, 0.5) is 0 Å². The summed E-state index contributed by atoms with van der Waals surface area (Å²) in [5.74, 6) is -0.478. The van der Waals surface area contributed by atoms with Crippen molar-refractivity contribution in [3.8, 4) is 5.75 Å². The van der Waals surface area contributed by atoms with Gasteiger partial charge in [-0.05, 0) is 30.5 Å². The minimum atomic E-state index is -0.919. The molecule has 1 N–H and O–H groups in total. The molecule has 0 aromatic heterocycles. The molecule has 0 aliphatic rings. The molecule has 154 valence electrons. The second-order valence-electron chi connectivity index (χ2n) is 7.40. The van der Waals surface area contributed by atoms with Gasteiger partial charge in [-0.25, -0.2) is 4.79 Å². The van der Waals surface area contributed by atoms with Crippen LogP contribution < -0.4 is 4.74 Å². The molecule has 0 spiro atoms. The van der Waals surface area contributed by atoms with Gasteiger partial charge in [0.15, 0.2) is 0 Å². The second kappa shape index (κ2) is 15.0. The molecule has 0 heterocycles. The number of benzene rings is 1. The van der Waals surface area contributed by atoms with E-state index in [-0.39, 0.29) is 0 Å². The molecule has 0 radical (unpaired) electrons.